The van der Waals surface area contributed by atoms with Crippen LogP contribution in [0.4, 0.5) is 18.9 Å². The van der Waals surface area contributed by atoms with E-state index in [1.807, 2.05) is 0 Å². The van der Waals surface area contributed by atoms with E-state index < -0.39 is 11.9 Å². The van der Waals surface area contributed by atoms with Crippen LogP contribution in [0.5, 0.6) is 0 Å². The van der Waals surface area contributed by atoms with E-state index in [4.69, 9.17) is 40.5 Å². The van der Waals surface area contributed by atoms with Gasteiger partial charge in [0.25, 0.3) is 0 Å². The Morgan fingerprint density at radius 2 is 1.35 bits per heavy atom. The average molecular weight is 483 g/mol. The summed E-state index contributed by atoms with van der Waals surface area (Å²) in [6, 6.07) is 17.5. The number of rotatable bonds is 3. The van der Waals surface area contributed by atoms with Crippen LogP contribution in [-0.4, -0.2) is 9.78 Å². The van der Waals surface area contributed by atoms with Gasteiger partial charge in [-0.05, 0) is 59.7 Å². The zero-order chi connectivity index (χ0) is 22.3. The predicted molar refractivity (Wildman–Crippen MR) is 119 cm³/mol. The molecular formula is C22H13Cl3F3N3. The van der Waals surface area contributed by atoms with Crippen molar-refractivity contribution in [2.75, 3.05) is 5.73 Å². The number of nitrogens with two attached hydrogens (primary N) is 1. The highest BCUT2D eigenvalue weighted by atomic mass is 35.5. The zero-order valence-electron chi connectivity index (χ0n) is 15.6. The normalized spacial score (nSPS) is 11.7. The molecule has 0 aliphatic rings. The summed E-state index contributed by atoms with van der Waals surface area (Å²) in [5, 5.41) is 4.82. The highest BCUT2D eigenvalue weighted by Crippen LogP contribution is 2.38. The minimum Gasteiger partial charge on any atom is -0.399 e. The van der Waals surface area contributed by atoms with Crippen LogP contribution in [0.15, 0.2) is 66.7 Å². The smallest absolute Gasteiger partial charge is 0.399 e. The molecule has 0 aliphatic heterocycles. The van der Waals surface area contributed by atoms with Crippen molar-refractivity contribution in [3.8, 4) is 28.1 Å². The molecule has 0 bridgehead atoms. The van der Waals surface area contributed by atoms with Gasteiger partial charge in [0.2, 0.25) is 0 Å². The second-order valence-electron chi connectivity index (χ2n) is 6.74. The first-order valence-electron chi connectivity index (χ1n) is 8.92. The van der Waals surface area contributed by atoms with Crippen molar-refractivity contribution < 1.29 is 13.2 Å². The van der Waals surface area contributed by atoms with E-state index in [1.165, 1.54) is 4.68 Å². The van der Waals surface area contributed by atoms with Gasteiger partial charge in [0.1, 0.15) is 0 Å². The van der Waals surface area contributed by atoms with Crippen molar-refractivity contribution in [3.63, 3.8) is 0 Å². The molecule has 0 aliphatic carbocycles. The molecule has 31 heavy (non-hydrogen) atoms. The number of hydrogen-bond donors (Lipinski definition) is 1. The summed E-state index contributed by atoms with van der Waals surface area (Å²) < 4.78 is 41.3. The number of benzene rings is 3. The molecule has 0 saturated carbocycles. The highest BCUT2D eigenvalue weighted by molar-refractivity contribution is 6.42. The summed E-state index contributed by atoms with van der Waals surface area (Å²) in [6.07, 6.45) is -4.61. The van der Waals surface area contributed by atoms with Crippen molar-refractivity contribution in [2.45, 2.75) is 6.18 Å². The summed E-state index contributed by atoms with van der Waals surface area (Å²) in [7, 11) is 0. The largest absolute Gasteiger partial charge is 0.435 e. The van der Waals surface area contributed by atoms with E-state index in [2.05, 4.69) is 5.10 Å². The van der Waals surface area contributed by atoms with Gasteiger partial charge >= 0.3 is 6.18 Å². The second-order valence-corrected chi connectivity index (χ2v) is 7.96. The number of halogens is 6. The van der Waals surface area contributed by atoms with Crippen LogP contribution >= 0.6 is 34.8 Å². The third-order valence-electron chi connectivity index (χ3n) is 4.64. The third kappa shape index (κ3) is 4.37. The standard InChI is InChI=1S/C22H13Cl3F3N3/c23-17-8-2-13(10-19(17)25)12-1-7-16(18(24)9-12)20-11-21(22(26,27)28)30-31(20)15-5-3-14(29)4-6-15/h1-11H,29H2. The molecule has 0 unspecified atom stereocenters. The molecule has 0 radical (unpaired) electrons. The molecule has 4 aromatic rings. The van der Waals surface area contributed by atoms with Crippen molar-refractivity contribution in [2.24, 2.45) is 0 Å². The summed E-state index contributed by atoms with van der Waals surface area (Å²) in [5.74, 6) is 0. The number of alkyl halides is 3. The van der Waals surface area contributed by atoms with E-state index in [0.29, 0.717) is 27.0 Å². The van der Waals surface area contributed by atoms with Gasteiger partial charge in [0.15, 0.2) is 5.69 Å². The van der Waals surface area contributed by atoms with Crippen LogP contribution < -0.4 is 5.73 Å². The Morgan fingerprint density at radius 1 is 0.742 bits per heavy atom. The van der Waals surface area contributed by atoms with Crippen LogP contribution in [0.3, 0.4) is 0 Å². The van der Waals surface area contributed by atoms with E-state index in [-0.39, 0.29) is 10.7 Å². The van der Waals surface area contributed by atoms with Crippen LogP contribution in [0, 0.1) is 0 Å². The molecule has 0 saturated heterocycles. The van der Waals surface area contributed by atoms with Crippen molar-refractivity contribution >= 4 is 40.5 Å². The summed E-state index contributed by atoms with van der Waals surface area (Å²) in [6.45, 7) is 0. The zero-order valence-corrected chi connectivity index (χ0v) is 17.9. The Kier molecular flexibility index (Phi) is 5.64. The Labute approximate surface area is 190 Å². The van der Waals surface area contributed by atoms with E-state index >= 15 is 0 Å². The van der Waals surface area contributed by atoms with E-state index in [1.54, 1.807) is 60.7 Å². The maximum atomic E-state index is 13.4. The molecule has 3 aromatic carbocycles. The van der Waals surface area contributed by atoms with Gasteiger partial charge in [-0.15, -0.1) is 0 Å². The fourth-order valence-corrected chi connectivity index (χ4v) is 3.68. The predicted octanol–water partition coefficient (Wildman–Crippen LogP) is 7.77. The fourth-order valence-electron chi connectivity index (χ4n) is 3.10. The van der Waals surface area contributed by atoms with Crippen molar-refractivity contribution in [1.82, 2.24) is 9.78 Å². The first kappa shape index (κ1) is 21.6. The second kappa shape index (κ2) is 8.11. The van der Waals surface area contributed by atoms with Gasteiger partial charge in [-0.1, -0.05) is 53.0 Å². The number of aromatic nitrogens is 2. The Balaban J connectivity index is 1.84. The van der Waals surface area contributed by atoms with Gasteiger partial charge in [-0.2, -0.15) is 18.3 Å². The Hall–Kier alpha value is -2.67. The number of hydrogen-bond acceptors (Lipinski definition) is 2. The molecule has 3 nitrogen and oxygen atoms in total. The first-order valence-corrected chi connectivity index (χ1v) is 10.1. The Bertz CT molecular complexity index is 1270. The maximum Gasteiger partial charge on any atom is 0.435 e. The summed E-state index contributed by atoms with van der Waals surface area (Å²) in [4.78, 5) is 0. The quantitative estimate of drug-likeness (QED) is 0.303. The van der Waals surface area contributed by atoms with Gasteiger partial charge in [0.05, 0.1) is 26.4 Å². The molecular weight excluding hydrogens is 470 g/mol. The van der Waals surface area contributed by atoms with Crippen molar-refractivity contribution in [3.05, 3.63) is 87.5 Å². The number of nitrogens with zero attached hydrogens (tertiary/aromatic N) is 2. The lowest BCUT2D eigenvalue weighted by molar-refractivity contribution is -0.141. The van der Waals surface area contributed by atoms with Gasteiger partial charge in [-0.3, -0.25) is 0 Å². The minimum atomic E-state index is -4.61. The lowest BCUT2D eigenvalue weighted by Gasteiger charge is -2.11. The van der Waals surface area contributed by atoms with Crippen LogP contribution in [0.1, 0.15) is 5.69 Å². The molecule has 9 heteroatoms. The first-order chi connectivity index (χ1) is 14.6. The highest BCUT2D eigenvalue weighted by Gasteiger charge is 2.35. The number of anilines is 1. The SMILES string of the molecule is Nc1ccc(-n2nc(C(F)(F)F)cc2-c2ccc(-c3ccc(Cl)c(Cl)c3)cc2Cl)cc1. The molecule has 2 N–H and O–H groups in total. The molecule has 158 valence electrons. The van der Waals surface area contributed by atoms with Crippen molar-refractivity contribution in [1.29, 1.82) is 0 Å². The van der Waals surface area contributed by atoms with Crippen LogP contribution in [0.25, 0.3) is 28.1 Å². The fraction of sp³-hybridized carbons (Fsp3) is 0.0455. The van der Waals surface area contributed by atoms with E-state index in [0.717, 1.165) is 17.2 Å². The molecule has 0 fully saturated rings. The molecule has 1 heterocycles. The lowest BCUT2D eigenvalue weighted by Crippen LogP contribution is -2.07. The lowest BCUT2D eigenvalue weighted by atomic mass is 10.0. The summed E-state index contributed by atoms with van der Waals surface area (Å²) in [5.41, 5.74) is 7.67. The third-order valence-corrected chi connectivity index (χ3v) is 5.69. The Morgan fingerprint density at radius 3 is 1.94 bits per heavy atom. The van der Waals surface area contributed by atoms with Gasteiger partial charge in [-0.25, -0.2) is 4.68 Å². The molecule has 4 rings (SSSR count). The van der Waals surface area contributed by atoms with Crippen LogP contribution in [0.2, 0.25) is 15.1 Å². The average Bonchev–Trinajstić information content (AvgIpc) is 3.16. The maximum absolute atomic E-state index is 13.4. The molecule has 1 aromatic heterocycles. The van der Waals surface area contributed by atoms with Crippen LogP contribution in [-0.2, 0) is 6.18 Å². The van der Waals surface area contributed by atoms with Gasteiger partial charge < -0.3 is 5.73 Å². The van der Waals surface area contributed by atoms with Gasteiger partial charge in [0, 0.05) is 11.3 Å². The topological polar surface area (TPSA) is 43.8 Å². The monoisotopic (exact) mass is 481 g/mol. The molecule has 0 spiro atoms. The summed E-state index contributed by atoms with van der Waals surface area (Å²) >= 11 is 18.5. The molecule has 0 amide bonds. The number of nitrogen functional groups attached to an aromatic ring is 1. The minimum absolute atomic E-state index is 0.197. The molecule has 0 atom stereocenters. The van der Waals surface area contributed by atoms with E-state index in [9.17, 15) is 13.2 Å².